The lowest BCUT2D eigenvalue weighted by atomic mass is 9.70. The second kappa shape index (κ2) is 12.8. The van der Waals surface area contributed by atoms with Gasteiger partial charge in [0.25, 0.3) is 5.91 Å². The number of alkyl halides is 1. The summed E-state index contributed by atoms with van der Waals surface area (Å²) in [5.41, 5.74) is 1.93. The van der Waals surface area contributed by atoms with Gasteiger partial charge >= 0.3 is 5.97 Å². The number of amides is 2. The standard InChI is InChI=1S/C34H39BrN2O6/c1-5-7-11-18-42-33(41)26-27-31(39)37(25(20-38)23-15-9-8-10-16-23)30(34(27)19-24(35)29(26)43-34)32(40)36(17-6-2)28-21(3)13-12-14-22(28)4/h5-6,8-10,12-16,24-27,29-30,38H,1-2,7,11,17-20H2,3-4H3/t24?,25-,26+,27+,29+,30?,34?/m1/s1. The average molecular weight is 652 g/mol. The molecule has 43 heavy (non-hydrogen) atoms. The number of esters is 1. The third-order valence-electron chi connectivity index (χ3n) is 9.01. The second-order valence-corrected chi connectivity index (χ2v) is 12.8. The molecule has 0 saturated carbocycles. The van der Waals surface area contributed by atoms with Crippen molar-refractivity contribution in [2.24, 2.45) is 11.8 Å². The molecule has 7 atom stereocenters. The number of aliphatic hydroxyl groups excluding tert-OH is 1. The zero-order valence-electron chi connectivity index (χ0n) is 24.7. The monoisotopic (exact) mass is 650 g/mol. The normalized spacial score (nSPS) is 28.0. The van der Waals surface area contributed by atoms with E-state index in [0.29, 0.717) is 24.8 Å². The molecular formula is C34H39BrN2O6. The van der Waals surface area contributed by atoms with E-state index in [1.807, 2.05) is 62.4 Å². The molecule has 2 aromatic rings. The van der Waals surface area contributed by atoms with Gasteiger partial charge in [0.05, 0.1) is 37.2 Å². The van der Waals surface area contributed by atoms with E-state index < -0.39 is 54.1 Å². The maximum absolute atomic E-state index is 15.0. The fraction of sp³-hybridized carbons (Fsp3) is 0.441. The lowest BCUT2D eigenvalue weighted by molar-refractivity contribution is -0.155. The molecule has 1 N–H and O–H groups in total. The number of aliphatic hydroxyl groups is 1. The van der Waals surface area contributed by atoms with Crippen molar-refractivity contribution >= 4 is 39.4 Å². The third-order valence-corrected chi connectivity index (χ3v) is 9.86. The summed E-state index contributed by atoms with van der Waals surface area (Å²) < 4.78 is 12.3. The molecule has 228 valence electrons. The lowest BCUT2D eigenvalue weighted by Gasteiger charge is -2.40. The number of para-hydroxylation sites is 1. The first-order valence-electron chi connectivity index (χ1n) is 14.8. The smallest absolute Gasteiger partial charge is 0.312 e. The summed E-state index contributed by atoms with van der Waals surface area (Å²) in [6.07, 6.45) is 4.46. The Bertz CT molecular complexity index is 1380. The predicted molar refractivity (Wildman–Crippen MR) is 168 cm³/mol. The minimum atomic E-state index is -1.30. The molecule has 0 aliphatic carbocycles. The van der Waals surface area contributed by atoms with Crippen molar-refractivity contribution in [2.75, 3.05) is 24.7 Å². The summed E-state index contributed by atoms with van der Waals surface area (Å²) in [4.78, 5) is 46.1. The van der Waals surface area contributed by atoms with Crippen LogP contribution in [0.5, 0.6) is 0 Å². The first-order chi connectivity index (χ1) is 20.7. The van der Waals surface area contributed by atoms with Crippen LogP contribution >= 0.6 is 15.9 Å². The Morgan fingerprint density at radius 1 is 1.16 bits per heavy atom. The molecule has 2 bridgehead atoms. The van der Waals surface area contributed by atoms with Crippen LogP contribution in [0.2, 0.25) is 0 Å². The molecule has 2 aromatic carbocycles. The molecule has 8 nitrogen and oxygen atoms in total. The summed E-state index contributed by atoms with van der Waals surface area (Å²) in [6, 6.07) is 13.0. The van der Waals surface area contributed by atoms with Crippen molar-refractivity contribution in [1.29, 1.82) is 0 Å². The molecule has 3 aliphatic heterocycles. The van der Waals surface area contributed by atoms with Crippen LogP contribution in [-0.2, 0) is 23.9 Å². The molecule has 2 amide bonds. The van der Waals surface area contributed by atoms with Gasteiger partial charge in [-0.15, -0.1) is 13.2 Å². The highest BCUT2D eigenvalue weighted by atomic mass is 79.9. The topological polar surface area (TPSA) is 96.4 Å². The predicted octanol–water partition coefficient (Wildman–Crippen LogP) is 4.81. The molecule has 3 aliphatic rings. The molecule has 3 unspecified atom stereocenters. The highest BCUT2D eigenvalue weighted by Gasteiger charge is 2.77. The van der Waals surface area contributed by atoms with E-state index in [2.05, 4.69) is 29.1 Å². The summed E-state index contributed by atoms with van der Waals surface area (Å²) in [5.74, 6) is -3.07. The molecule has 3 fully saturated rings. The number of aryl methyl sites for hydroxylation is 2. The Morgan fingerprint density at radius 2 is 1.86 bits per heavy atom. The number of anilines is 1. The maximum Gasteiger partial charge on any atom is 0.312 e. The van der Waals surface area contributed by atoms with Crippen molar-refractivity contribution in [2.45, 2.75) is 61.7 Å². The minimum absolute atomic E-state index is 0.198. The van der Waals surface area contributed by atoms with Crippen LogP contribution in [0.25, 0.3) is 0 Å². The Kier molecular flexibility index (Phi) is 9.25. The number of carbonyl (C=O) groups is 3. The number of fused-ring (bicyclic) bond motifs is 1. The number of rotatable bonds is 12. The fourth-order valence-electron chi connectivity index (χ4n) is 7.28. The number of nitrogens with zero attached hydrogens (tertiary/aromatic N) is 2. The fourth-order valence-corrected chi connectivity index (χ4v) is 8.22. The van der Waals surface area contributed by atoms with Gasteiger partial charge in [0.2, 0.25) is 5.91 Å². The van der Waals surface area contributed by atoms with Gasteiger partial charge < -0.3 is 24.4 Å². The highest BCUT2D eigenvalue weighted by molar-refractivity contribution is 9.09. The van der Waals surface area contributed by atoms with E-state index in [-0.39, 0.29) is 23.9 Å². The highest BCUT2D eigenvalue weighted by Crippen LogP contribution is 2.61. The van der Waals surface area contributed by atoms with Crippen LogP contribution in [0.15, 0.2) is 73.8 Å². The molecule has 5 rings (SSSR count). The van der Waals surface area contributed by atoms with Crippen molar-refractivity contribution in [3.05, 3.63) is 90.5 Å². The van der Waals surface area contributed by atoms with Gasteiger partial charge in [-0.1, -0.05) is 76.6 Å². The Labute approximate surface area is 261 Å². The molecule has 3 saturated heterocycles. The van der Waals surface area contributed by atoms with Crippen molar-refractivity contribution in [3.8, 4) is 0 Å². The van der Waals surface area contributed by atoms with E-state index in [1.54, 1.807) is 17.1 Å². The minimum Gasteiger partial charge on any atom is -0.465 e. The van der Waals surface area contributed by atoms with Crippen LogP contribution in [-0.4, -0.2) is 70.1 Å². The van der Waals surface area contributed by atoms with E-state index in [4.69, 9.17) is 9.47 Å². The number of likely N-dealkylation sites (tertiary alicyclic amines) is 1. The first kappa shape index (κ1) is 31.2. The molecule has 1 spiro atoms. The molecular weight excluding hydrogens is 612 g/mol. The zero-order valence-corrected chi connectivity index (χ0v) is 26.2. The van der Waals surface area contributed by atoms with Gasteiger partial charge in [-0.2, -0.15) is 0 Å². The van der Waals surface area contributed by atoms with Crippen LogP contribution in [0.3, 0.4) is 0 Å². The number of unbranched alkanes of at least 4 members (excludes halogenated alkanes) is 1. The number of hydrogen-bond acceptors (Lipinski definition) is 6. The summed E-state index contributed by atoms with van der Waals surface area (Å²) in [6.45, 7) is 11.5. The summed E-state index contributed by atoms with van der Waals surface area (Å²) in [5, 5.41) is 10.7. The van der Waals surface area contributed by atoms with Crippen LogP contribution < -0.4 is 4.90 Å². The number of ether oxygens (including phenoxy) is 2. The molecule has 3 heterocycles. The SMILES string of the molecule is C=CCCCOC(=O)[C@H]1[C@H]2C(=O)N([C@H](CO)c3ccccc3)C(C(=O)N(CC=C)c3c(C)cccc3C)C23CC(Br)[C@@H]1O3. The van der Waals surface area contributed by atoms with Gasteiger partial charge in [-0.25, -0.2) is 0 Å². The summed E-state index contributed by atoms with van der Waals surface area (Å²) >= 11 is 3.71. The second-order valence-electron chi connectivity index (χ2n) is 11.6. The summed E-state index contributed by atoms with van der Waals surface area (Å²) in [7, 11) is 0. The van der Waals surface area contributed by atoms with Crippen molar-refractivity contribution in [1.82, 2.24) is 4.90 Å². The van der Waals surface area contributed by atoms with Gasteiger partial charge in [-0.3, -0.25) is 14.4 Å². The largest absolute Gasteiger partial charge is 0.465 e. The van der Waals surface area contributed by atoms with Gasteiger partial charge in [0.1, 0.15) is 11.6 Å². The first-order valence-corrected chi connectivity index (χ1v) is 15.7. The zero-order chi connectivity index (χ0) is 30.9. The number of allylic oxidation sites excluding steroid dienone is 1. The lowest BCUT2D eigenvalue weighted by Crippen LogP contribution is -2.58. The molecule has 0 aromatic heterocycles. The van der Waals surface area contributed by atoms with Gasteiger partial charge in [0, 0.05) is 17.1 Å². The van der Waals surface area contributed by atoms with E-state index >= 15 is 0 Å². The van der Waals surface area contributed by atoms with E-state index in [9.17, 15) is 19.5 Å². The quantitative estimate of drug-likeness (QED) is 0.153. The third kappa shape index (κ3) is 5.25. The maximum atomic E-state index is 15.0. The molecule has 9 heteroatoms. The van der Waals surface area contributed by atoms with Gasteiger partial charge in [-0.05, 0) is 49.8 Å². The van der Waals surface area contributed by atoms with Crippen LogP contribution in [0.4, 0.5) is 5.69 Å². The number of carbonyl (C=O) groups excluding carboxylic acids is 3. The Morgan fingerprint density at radius 3 is 2.49 bits per heavy atom. The average Bonchev–Trinajstić information content (AvgIpc) is 3.59. The Balaban J connectivity index is 1.63. The van der Waals surface area contributed by atoms with E-state index in [1.165, 1.54) is 4.90 Å². The molecule has 0 radical (unpaired) electrons. The van der Waals surface area contributed by atoms with Gasteiger partial charge in [0.15, 0.2) is 0 Å². The van der Waals surface area contributed by atoms with E-state index in [0.717, 1.165) is 16.8 Å². The van der Waals surface area contributed by atoms with Crippen molar-refractivity contribution in [3.63, 3.8) is 0 Å². The van der Waals surface area contributed by atoms with Crippen LogP contribution in [0.1, 0.15) is 42.0 Å². The number of hydrogen-bond donors (Lipinski definition) is 1. The number of halogens is 1. The Hall–Kier alpha value is -3.27. The van der Waals surface area contributed by atoms with Crippen LogP contribution in [0, 0.1) is 25.7 Å². The van der Waals surface area contributed by atoms with Crippen molar-refractivity contribution < 1.29 is 29.0 Å². The number of benzene rings is 2.